The number of hydrogen-bond acceptors (Lipinski definition) is 2. The lowest BCUT2D eigenvalue weighted by atomic mass is 10.2. The Morgan fingerprint density at radius 3 is 2.59 bits per heavy atom. The summed E-state index contributed by atoms with van der Waals surface area (Å²) in [5.41, 5.74) is 1.21. The first-order chi connectivity index (χ1) is 10.6. The summed E-state index contributed by atoms with van der Waals surface area (Å²) in [6, 6.07) is 13.4. The third-order valence-electron chi connectivity index (χ3n) is 3.24. The Morgan fingerprint density at radius 2 is 1.86 bits per heavy atom. The summed E-state index contributed by atoms with van der Waals surface area (Å²) >= 11 is 0. The van der Waals surface area contributed by atoms with Gasteiger partial charge in [-0.2, -0.15) is 0 Å². The molecule has 0 fully saturated rings. The summed E-state index contributed by atoms with van der Waals surface area (Å²) in [5, 5.41) is 2.53. The number of nitrogens with zero attached hydrogens (tertiary/aromatic N) is 1. The number of carbonyl (C=O) groups is 1. The number of rotatable bonds is 5. The molecule has 116 valence electrons. The predicted octanol–water partition coefficient (Wildman–Crippen LogP) is 3.68. The predicted molar refractivity (Wildman–Crippen MR) is 84.7 cm³/mol. The summed E-state index contributed by atoms with van der Waals surface area (Å²) in [6.07, 6.45) is 0. The number of amides is 2. The van der Waals surface area contributed by atoms with Gasteiger partial charge in [-0.15, -0.1) is 0 Å². The Kier molecular flexibility index (Phi) is 5.36. The second-order valence-corrected chi connectivity index (χ2v) is 4.95. The molecule has 0 bridgehead atoms. The third kappa shape index (κ3) is 4.22. The number of urea groups is 1. The van der Waals surface area contributed by atoms with E-state index in [4.69, 9.17) is 4.74 Å². The second kappa shape index (κ2) is 7.45. The van der Waals surface area contributed by atoms with Crippen molar-refractivity contribution in [2.24, 2.45) is 0 Å². The summed E-state index contributed by atoms with van der Waals surface area (Å²) in [7, 11) is 1.64. The SMILES string of the molecule is Cc1ccccc1OCCN(C)C(=O)Nc1ccccc1F. The normalized spacial score (nSPS) is 10.1. The van der Waals surface area contributed by atoms with E-state index >= 15 is 0 Å². The van der Waals surface area contributed by atoms with Crippen LogP contribution in [0.25, 0.3) is 0 Å². The van der Waals surface area contributed by atoms with Gasteiger partial charge in [0.1, 0.15) is 18.2 Å². The standard InChI is InChI=1S/C17H19FN2O2/c1-13-7-3-6-10-16(13)22-12-11-20(2)17(21)19-15-9-5-4-8-14(15)18/h3-10H,11-12H2,1-2H3,(H,19,21). The monoisotopic (exact) mass is 302 g/mol. The lowest BCUT2D eigenvalue weighted by molar-refractivity contribution is 0.207. The van der Waals surface area contributed by atoms with Crippen LogP contribution in [-0.4, -0.2) is 31.1 Å². The average Bonchev–Trinajstić information content (AvgIpc) is 2.51. The molecule has 2 aromatic carbocycles. The average molecular weight is 302 g/mol. The molecule has 4 nitrogen and oxygen atoms in total. The zero-order valence-electron chi connectivity index (χ0n) is 12.7. The summed E-state index contributed by atoms with van der Waals surface area (Å²) in [4.78, 5) is 13.4. The van der Waals surface area contributed by atoms with Crippen LogP contribution in [0, 0.1) is 12.7 Å². The van der Waals surface area contributed by atoms with Crippen LogP contribution in [0.2, 0.25) is 0 Å². The maximum atomic E-state index is 13.5. The molecule has 0 saturated heterocycles. The smallest absolute Gasteiger partial charge is 0.321 e. The zero-order valence-corrected chi connectivity index (χ0v) is 12.7. The zero-order chi connectivity index (χ0) is 15.9. The van der Waals surface area contributed by atoms with Crippen molar-refractivity contribution in [2.75, 3.05) is 25.5 Å². The fraction of sp³-hybridized carbons (Fsp3) is 0.235. The number of carbonyl (C=O) groups excluding carboxylic acids is 1. The molecule has 2 rings (SSSR count). The Labute approximate surface area is 129 Å². The molecule has 22 heavy (non-hydrogen) atoms. The molecule has 0 aliphatic heterocycles. The van der Waals surface area contributed by atoms with Crippen LogP contribution in [0.1, 0.15) is 5.56 Å². The number of ether oxygens (including phenoxy) is 1. The van der Waals surface area contributed by atoms with E-state index < -0.39 is 5.82 Å². The first-order valence-electron chi connectivity index (χ1n) is 7.03. The van der Waals surface area contributed by atoms with Crippen molar-refractivity contribution in [1.82, 2.24) is 4.90 Å². The molecule has 0 aliphatic rings. The molecule has 0 atom stereocenters. The van der Waals surface area contributed by atoms with Crippen LogP contribution in [0.15, 0.2) is 48.5 Å². The summed E-state index contributed by atoms with van der Waals surface area (Å²) < 4.78 is 19.1. The number of anilines is 1. The number of hydrogen-bond donors (Lipinski definition) is 1. The van der Waals surface area contributed by atoms with Crippen LogP contribution in [-0.2, 0) is 0 Å². The van der Waals surface area contributed by atoms with Crippen molar-refractivity contribution < 1.29 is 13.9 Å². The number of halogens is 1. The Hall–Kier alpha value is -2.56. The van der Waals surface area contributed by atoms with Gasteiger partial charge in [0.05, 0.1) is 12.2 Å². The minimum Gasteiger partial charge on any atom is -0.491 e. The first kappa shape index (κ1) is 15.8. The molecule has 2 amide bonds. The fourth-order valence-corrected chi connectivity index (χ4v) is 1.89. The molecular weight excluding hydrogens is 283 g/mol. The van der Waals surface area contributed by atoms with Crippen LogP contribution < -0.4 is 10.1 Å². The molecule has 0 heterocycles. The highest BCUT2D eigenvalue weighted by Gasteiger charge is 2.11. The van der Waals surface area contributed by atoms with E-state index in [2.05, 4.69) is 5.32 Å². The topological polar surface area (TPSA) is 41.6 Å². The number of nitrogens with one attached hydrogen (secondary N) is 1. The van der Waals surface area contributed by atoms with E-state index in [0.717, 1.165) is 11.3 Å². The second-order valence-electron chi connectivity index (χ2n) is 4.95. The van der Waals surface area contributed by atoms with Gasteiger partial charge in [0.2, 0.25) is 0 Å². The van der Waals surface area contributed by atoms with Crippen LogP contribution >= 0.6 is 0 Å². The minimum atomic E-state index is -0.458. The molecule has 0 aromatic heterocycles. The first-order valence-corrected chi connectivity index (χ1v) is 7.03. The van der Waals surface area contributed by atoms with E-state index in [1.807, 2.05) is 31.2 Å². The molecule has 5 heteroatoms. The molecule has 0 aliphatic carbocycles. The van der Waals surface area contributed by atoms with Crippen LogP contribution in [0.3, 0.4) is 0 Å². The van der Waals surface area contributed by atoms with Crippen LogP contribution in [0.5, 0.6) is 5.75 Å². The fourth-order valence-electron chi connectivity index (χ4n) is 1.89. The van der Waals surface area contributed by atoms with Gasteiger partial charge in [0.25, 0.3) is 0 Å². The Balaban J connectivity index is 1.82. The van der Waals surface area contributed by atoms with Crippen molar-refractivity contribution in [3.63, 3.8) is 0 Å². The number of aryl methyl sites for hydroxylation is 1. The quantitative estimate of drug-likeness (QED) is 0.915. The minimum absolute atomic E-state index is 0.166. The Morgan fingerprint density at radius 1 is 1.18 bits per heavy atom. The van der Waals surface area contributed by atoms with Gasteiger partial charge in [0.15, 0.2) is 0 Å². The summed E-state index contributed by atoms with van der Waals surface area (Å²) in [5.74, 6) is 0.339. The summed E-state index contributed by atoms with van der Waals surface area (Å²) in [6.45, 7) is 2.73. The van der Waals surface area contributed by atoms with Gasteiger partial charge >= 0.3 is 6.03 Å². The largest absolute Gasteiger partial charge is 0.491 e. The van der Waals surface area contributed by atoms with Gasteiger partial charge in [-0.3, -0.25) is 0 Å². The molecular formula is C17H19FN2O2. The van der Waals surface area contributed by atoms with Gasteiger partial charge in [0, 0.05) is 7.05 Å². The Bertz CT molecular complexity index is 646. The van der Waals surface area contributed by atoms with E-state index in [-0.39, 0.29) is 11.7 Å². The van der Waals surface area contributed by atoms with Crippen LogP contribution in [0.4, 0.5) is 14.9 Å². The number of para-hydroxylation sites is 2. The molecule has 0 saturated carbocycles. The maximum Gasteiger partial charge on any atom is 0.321 e. The van der Waals surface area contributed by atoms with Gasteiger partial charge in [-0.05, 0) is 30.7 Å². The van der Waals surface area contributed by atoms with Crippen molar-refractivity contribution in [3.8, 4) is 5.75 Å². The maximum absolute atomic E-state index is 13.5. The molecule has 0 spiro atoms. The molecule has 2 aromatic rings. The van der Waals surface area contributed by atoms with Gasteiger partial charge < -0.3 is 15.0 Å². The lowest BCUT2D eigenvalue weighted by Gasteiger charge is -2.18. The highest BCUT2D eigenvalue weighted by Crippen LogP contribution is 2.16. The van der Waals surface area contributed by atoms with E-state index in [9.17, 15) is 9.18 Å². The van der Waals surface area contributed by atoms with Gasteiger partial charge in [-0.1, -0.05) is 30.3 Å². The highest BCUT2D eigenvalue weighted by atomic mass is 19.1. The molecule has 1 N–H and O–H groups in total. The van der Waals surface area contributed by atoms with Crippen molar-refractivity contribution >= 4 is 11.7 Å². The van der Waals surface area contributed by atoms with Crippen molar-refractivity contribution in [2.45, 2.75) is 6.92 Å². The molecule has 0 unspecified atom stereocenters. The van der Waals surface area contributed by atoms with E-state index in [1.165, 1.54) is 17.0 Å². The third-order valence-corrected chi connectivity index (χ3v) is 3.24. The van der Waals surface area contributed by atoms with Crippen molar-refractivity contribution in [3.05, 3.63) is 59.9 Å². The number of benzene rings is 2. The molecule has 0 radical (unpaired) electrons. The van der Waals surface area contributed by atoms with Crippen molar-refractivity contribution in [1.29, 1.82) is 0 Å². The number of likely N-dealkylation sites (N-methyl/N-ethyl adjacent to an activating group) is 1. The van der Waals surface area contributed by atoms with E-state index in [1.54, 1.807) is 19.2 Å². The van der Waals surface area contributed by atoms with Gasteiger partial charge in [-0.25, -0.2) is 9.18 Å². The highest BCUT2D eigenvalue weighted by molar-refractivity contribution is 5.89. The van der Waals surface area contributed by atoms with E-state index in [0.29, 0.717) is 13.2 Å². The lowest BCUT2D eigenvalue weighted by Crippen LogP contribution is -2.34.